The van der Waals surface area contributed by atoms with Crippen LogP contribution >= 0.6 is 12.2 Å². The van der Waals surface area contributed by atoms with Gasteiger partial charge < -0.3 is 15.4 Å². The molecule has 1 amide bonds. The van der Waals surface area contributed by atoms with Crippen molar-refractivity contribution in [2.45, 2.75) is 26.3 Å². The molecule has 20 heavy (non-hydrogen) atoms. The van der Waals surface area contributed by atoms with E-state index in [1.807, 2.05) is 19.1 Å². The van der Waals surface area contributed by atoms with Crippen LogP contribution in [0.25, 0.3) is 0 Å². The van der Waals surface area contributed by atoms with Crippen molar-refractivity contribution >= 4 is 23.1 Å². The molecule has 0 unspecified atom stereocenters. The minimum Gasteiger partial charge on any atom is -0.393 e. The lowest BCUT2D eigenvalue weighted by Gasteiger charge is -2.22. The maximum Gasteiger partial charge on any atom is 0.225 e. The molecule has 0 saturated carbocycles. The van der Waals surface area contributed by atoms with Gasteiger partial charge in [-0.05, 0) is 18.6 Å². The van der Waals surface area contributed by atoms with Crippen molar-refractivity contribution in [3.8, 4) is 0 Å². The molecule has 0 saturated heterocycles. The molecule has 2 N–H and O–H groups in total. The Balaban J connectivity index is 2.59. The zero-order valence-corrected chi connectivity index (χ0v) is 12.6. The van der Waals surface area contributed by atoms with Crippen LogP contribution in [0.15, 0.2) is 24.5 Å². The van der Waals surface area contributed by atoms with Crippen molar-refractivity contribution in [2.75, 3.05) is 19.8 Å². The lowest BCUT2D eigenvalue weighted by Crippen LogP contribution is -2.34. The molecule has 1 aromatic rings. The maximum absolute atomic E-state index is 12.2. The third-order valence-corrected chi connectivity index (χ3v) is 2.95. The van der Waals surface area contributed by atoms with Gasteiger partial charge in [0.15, 0.2) is 0 Å². The molecule has 0 fully saturated rings. The summed E-state index contributed by atoms with van der Waals surface area (Å²) in [6, 6.07) is 3.79. The molecule has 1 aromatic heterocycles. The van der Waals surface area contributed by atoms with E-state index in [0.29, 0.717) is 44.1 Å². The van der Waals surface area contributed by atoms with Gasteiger partial charge >= 0.3 is 0 Å². The first-order chi connectivity index (χ1) is 9.63. The van der Waals surface area contributed by atoms with Gasteiger partial charge in [-0.15, -0.1) is 0 Å². The van der Waals surface area contributed by atoms with Crippen molar-refractivity contribution in [1.82, 2.24) is 9.88 Å². The van der Waals surface area contributed by atoms with Crippen LogP contribution in [0.5, 0.6) is 0 Å². The van der Waals surface area contributed by atoms with Crippen molar-refractivity contribution in [3.05, 3.63) is 30.1 Å². The molecule has 0 radical (unpaired) electrons. The molecule has 0 aliphatic rings. The second-order valence-electron chi connectivity index (χ2n) is 4.34. The largest absolute Gasteiger partial charge is 0.393 e. The van der Waals surface area contributed by atoms with Crippen LogP contribution in [0, 0.1) is 0 Å². The molecule has 110 valence electrons. The quantitative estimate of drug-likeness (QED) is 0.552. The standard InChI is InChI=1S/C14H21N3O2S/c1-2-19-9-6-14(18)17(8-5-13(15)20)11-12-4-3-7-16-10-12/h3-4,7,10H,2,5-6,8-9,11H2,1H3,(H2,15,20). The molecule has 0 spiro atoms. The number of nitrogens with two attached hydrogens (primary N) is 1. The maximum atomic E-state index is 12.2. The van der Waals surface area contributed by atoms with E-state index >= 15 is 0 Å². The Morgan fingerprint density at radius 2 is 2.30 bits per heavy atom. The normalized spacial score (nSPS) is 10.2. The molecule has 6 heteroatoms. The second-order valence-corrected chi connectivity index (χ2v) is 4.86. The first kappa shape index (κ1) is 16.5. The van der Waals surface area contributed by atoms with Crippen LogP contribution in [-0.4, -0.2) is 40.5 Å². The Morgan fingerprint density at radius 1 is 1.50 bits per heavy atom. The highest BCUT2D eigenvalue weighted by atomic mass is 32.1. The minimum absolute atomic E-state index is 0.0403. The molecule has 0 aliphatic carbocycles. The predicted molar refractivity (Wildman–Crippen MR) is 82.2 cm³/mol. The number of hydrogen-bond acceptors (Lipinski definition) is 4. The summed E-state index contributed by atoms with van der Waals surface area (Å²) in [6.45, 7) is 4.00. The van der Waals surface area contributed by atoms with Crippen LogP contribution in [0.3, 0.4) is 0 Å². The van der Waals surface area contributed by atoms with E-state index in [0.717, 1.165) is 5.56 Å². The van der Waals surface area contributed by atoms with Crippen LogP contribution in [-0.2, 0) is 16.1 Å². The van der Waals surface area contributed by atoms with Crippen molar-refractivity contribution in [1.29, 1.82) is 0 Å². The van der Waals surface area contributed by atoms with Gasteiger partial charge in [-0.2, -0.15) is 0 Å². The topological polar surface area (TPSA) is 68.5 Å². The van der Waals surface area contributed by atoms with Gasteiger partial charge in [-0.1, -0.05) is 18.3 Å². The number of rotatable bonds is 9. The fraction of sp³-hybridized carbons (Fsp3) is 0.500. The number of carbonyl (C=O) groups is 1. The zero-order valence-electron chi connectivity index (χ0n) is 11.7. The average Bonchev–Trinajstić information content (AvgIpc) is 2.44. The monoisotopic (exact) mass is 295 g/mol. The molecular weight excluding hydrogens is 274 g/mol. The molecule has 0 aliphatic heterocycles. The molecule has 1 rings (SSSR count). The number of carbonyl (C=O) groups excluding carboxylic acids is 1. The second kappa shape index (κ2) is 9.39. The number of pyridine rings is 1. The van der Waals surface area contributed by atoms with E-state index in [-0.39, 0.29) is 5.91 Å². The first-order valence-electron chi connectivity index (χ1n) is 6.66. The van der Waals surface area contributed by atoms with Crippen molar-refractivity contribution in [2.24, 2.45) is 5.73 Å². The van der Waals surface area contributed by atoms with E-state index in [2.05, 4.69) is 4.98 Å². The summed E-state index contributed by atoms with van der Waals surface area (Å²) in [6.07, 6.45) is 4.35. The summed E-state index contributed by atoms with van der Waals surface area (Å²) in [5, 5.41) is 0. The highest BCUT2D eigenvalue weighted by Crippen LogP contribution is 2.06. The van der Waals surface area contributed by atoms with Gasteiger partial charge in [0.25, 0.3) is 0 Å². The fourth-order valence-corrected chi connectivity index (χ4v) is 1.80. The van der Waals surface area contributed by atoms with E-state index in [9.17, 15) is 4.79 Å². The summed E-state index contributed by atoms with van der Waals surface area (Å²) in [4.78, 5) is 18.4. The van der Waals surface area contributed by atoms with E-state index in [1.165, 1.54) is 0 Å². The van der Waals surface area contributed by atoms with Gasteiger partial charge in [0.1, 0.15) is 0 Å². The number of amides is 1. The number of ether oxygens (including phenoxy) is 1. The van der Waals surface area contributed by atoms with Crippen LogP contribution in [0.1, 0.15) is 25.3 Å². The van der Waals surface area contributed by atoms with Crippen molar-refractivity contribution < 1.29 is 9.53 Å². The summed E-state index contributed by atoms with van der Waals surface area (Å²) in [5.74, 6) is 0.0403. The highest BCUT2D eigenvalue weighted by Gasteiger charge is 2.14. The van der Waals surface area contributed by atoms with Gasteiger partial charge in [0.05, 0.1) is 18.0 Å². The summed E-state index contributed by atoms with van der Waals surface area (Å²) in [5.41, 5.74) is 6.50. The third-order valence-electron chi connectivity index (χ3n) is 2.74. The number of nitrogens with zero attached hydrogens (tertiary/aromatic N) is 2. The van der Waals surface area contributed by atoms with Gasteiger partial charge in [0.2, 0.25) is 5.91 Å². The van der Waals surface area contributed by atoms with Crippen LogP contribution in [0.4, 0.5) is 0 Å². The van der Waals surface area contributed by atoms with Crippen molar-refractivity contribution in [3.63, 3.8) is 0 Å². The third kappa shape index (κ3) is 6.58. The van der Waals surface area contributed by atoms with Gasteiger partial charge in [-0.3, -0.25) is 9.78 Å². The van der Waals surface area contributed by atoms with E-state index < -0.39 is 0 Å². The summed E-state index contributed by atoms with van der Waals surface area (Å²) >= 11 is 4.87. The smallest absolute Gasteiger partial charge is 0.225 e. The van der Waals surface area contributed by atoms with Gasteiger partial charge in [0, 0.05) is 38.5 Å². The fourth-order valence-electron chi connectivity index (χ4n) is 1.71. The Morgan fingerprint density at radius 3 is 2.90 bits per heavy atom. The molecule has 5 nitrogen and oxygen atoms in total. The SMILES string of the molecule is CCOCCC(=O)N(CCC(N)=S)Cc1cccnc1. The Kier molecular flexibility index (Phi) is 7.75. The molecule has 0 aromatic carbocycles. The van der Waals surface area contributed by atoms with Gasteiger partial charge in [-0.25, -0.2) is 0 Å². The lowest BCUT2D eigenvalue weighted by molar-refractivity contribution is -0.132. The first-order valence-corrected chi connectivity index (χ1v) is 7.07. The zero-order chi connectivity index (χ0) is 14.8. The number of aromatic nitrogens is 1. The predicted octanol–water partition coefficient (Wildman–Crippen LogP) is 1.51. The summed E-state index contributed by atoms with van der Waals surface area (Å²) < 4.78 is 5.22. The minimum atomic E-state index is 0.0403. The number of hydrogen-bond donors (Lipinski definition) is 1. The average molecular weight is 295 g/mol. The molecular formula is C14H21N3O2S. The molecule has 1 heterocycles. The lowest BCUT2D eigenvalue weighted by atomic mass is 10.2. The molecule has 0 atom stereocenters. The van der Waals surface area contributed by atoms with E-state index in [4.69, 9.17) is 22.7 Å². The Hall–Kier alpha value is -1.53. The van der Waals surface area contributed by atoms with Crippen LogP contribution in [0.2, 0.25) is 0 Å². The Bertz CT molecular complexity index is 426. The Labute approximate surface area is 125 Å². The van der Waals surface area contributed by atoms with Crippen LogP contribution < -0.4 is 5.73 Å². The number of thiocarbonyl (C=S) groups is 1. The highest BCUT2D eigenvalue weighted by molar-refractivity contribution is 7.80. The summed E-state index contributed by atoms with van der Waals surface area (Å²) in [7, 11) is 0. The molecule has 0 bridgehead atoms. The van der Waals surface area contributed by atoms with E-state index in [1.54, 1.807) is 17.3 Å².